The number of hydrogen-bond donors (Lipinski definition) is 1. The Morgan fingerprint density at radius 2 is 2.62 bits per heavy atom. The highest BCUT2D eigenvalue weighted by atomic mass is 16.5. The predicted octanol–water partition coefficient (Wildman–Crippen LogP) is 0.370. The average Bonchev–Trinajstić information content (AvgIpc) is 2.44. The molecule has 1 aliphatic heterocycles. The van der Waals surface area contributed by atoms with Gasteiger partial charge in [-0.2, -0.15) is 0 Å². The van der Waals surface area contributed by atoms with Crippen molar-refractivity contribution in [3.05, 3.63) is 18.2 Å². The minimum Gasteiger partial charge on any atom is -0.477 e. The van der Waals surface area contributed by atoms with Gasteiger partial charge in [-0.25, -0.2) is 9.78 Å². The van der Waals surface area contributed by atoms with E-state index >= 15 is 0 Å². The van der Waals surface area contributed by atoms with E-state index in [1.165, 1.54) is 12.5 Å². The Balaban J connectivity index is 2.09. The molecule has 0 unspecified atom stereocenters. The molecule has 0 aromatic carbocycles. The van der Waals surface area contributed by atoms with Crippen LogP contribution in [-0.4, -0.2) is 33.3 Å². The van der Waals surface area contributed by atoms with Crippen molar-refractivity contribution in [2.24, 2.45) is 0 Å². The fourth-order valence-electron chi connectivity index (χ4n) is 1.29. The summed E-state index contributed by atoms with van der Waals surface area (Å²) in [5.74, 6) is -0.947. The van der Waals surface area contributed by atoms with E-state index < -0.39 is 5.97 Å². The lowest BCUT2D eigenvalue weighted by atomic mass is 10.2. The van der Waals surface area contributed by atoms with Gasteiger partial charge in [0.2, 0.25) is 0 Å². The van der Waals surface area contributed by atoms with Crippen LogP contribution in [0.4, 0.5) is 0 Å². The molecular weight excluding hydrogens is 172 g/mol. The van der Waals surface area contributed by atoms with Gasteiger partial charge in [0.25, 0.3) is 0 Å². The topological polar surface area (TPSA) is 64.3 Å². The third-order valence-corrected chi connectivity index (χ3v) is 2.13. The third kappa shape index (κ3) is 1.55. The number of carbonyl (C=O) groups is 1. The largest absolute Gasteiger partial charge is 0.477 e. The van der Waals surface area contributed by atoms with Crippen LogP contribution < -0.4 is 0 Å². The van der Waals surface area contributed by atoms with Crippen LogP contribution in [0.15, 0.2) is 12.5 Å². The van der Waals surface area contributed by atoms with Crippen molar-refractivity contribution in [3.8, 4) is 0 Å². The molecule has 1 atom stereocenters. The van der Waals surface area contributed by atoms with Gasteiger partial charge in [0, 0.05) is 6.61 Å². The van der Waals surface area contributed by atoms with Crippen LogP contribution in [-0.2, 0) is 11.3 Å². The summed E-state index contributed by atoms with van der Waals surface area (Å²) in [7, 11) is 0. The highest BCUT2D eigenvalue weighted by molar-refractivity contribution is 5.85. The van der Waals surface area contributed by atoms with E-state index in [0.29, 0.717) is 6.54 Å². The summed E-state index contributed by atoms with van der Waals surface area (Å²) < 4.78 is 6.80. The van der Waals surface area contributed by atoms with Gasteiger partial charge in [-0.15, -0.1) is 0 Å². The standard InChI is InChI=1S/C8H10N2O3/c11-8(12)7-3-9-5-10(7)4-6-1-2-13-6/h3,5-6H,1-2,4H2,(H,11,12)/t6-/m0/s1. The van der Waals surface area contributed by atoms with Crippen LogP contribution in [0.2, 0.25) is 0 Å². The molecule has 0 saturated carbocycles. The van der Waals surface area contributed by atoms with Crippen LogP contribution in [0.25, 0.3) is 0 Å². The number of aromatic carboxylic acids is 1. The molecule has 70 valence electrons. The van der Waals surface area contributed by atoms with Gasteiger partial charge in [0.05, 0.1) is 25.2 Å². The van der Waals surface area contributed by atoms with Gasteiger partial charge < -0.3 is 14.4 Å². The van der Waals surface area contributed by atoms with Gasteiger partial charge in [0.1, 0.15) is 5.69 Å². The molecule has 2 heterocycles. The lowest BCUT2D eigenvalue weighted by Gasteiger charge is -2.26. The Morgan fingerprint density at radius 3 is 3.15 bits per heavy atom. The van der Waals surface area contributed by atoms with E-state index in [1.807, 2.05) is 0 Å². The number of hydrogen-bond acceptors (Lipinski definition) is 3. The van der Waals surface area contributed by atoms with Crippen LogP contribution in [0.3, 0.4) is 0 Å². The summed E-state index contributed by atoms with van der Waals surface area (Å²) in [6.07, 6.45) is 4.02. The molecular formula is C8H10N2O3. The van der Waals surface area contributed by atoms with Crippen LogP contribution in [0, 0.1) is 0 Å². The summed E-state index contributed by atoms with van der Waals surface area (Å²) in [6, 6.07) is 0. The number of aromatic nitrogens is 2. The summed E-state index contributed by atoms with van der Waals surface area (Å²) in [5.41, 5.74) is 0.218. The predicted molar refractivity (Wildman–Crippen MR) is 43.5 cm³/mol. The zero-order valence-electron chi connectivity index (χ0n) is 7.01. The maximum Gasteiger partial charge on any atom is 0.354 e. The van der Waals surface area contributed by atoms with Crippen molar-refractivity contribution in [1.82, 2.24) is 9.55 Å². The summed E-state index contributed by atoms with van der Waals surface area (Å²) in [5, 5.41) is 8.76. The third-order valence-electron chi connectivity index (χ3n) is 2.13. The Hall–Kier alpha value is -1.36. The van der Waals surface area contributed by atoms with Crippen molar-refractivity contribution in [2.75, 3.05) is 6.61 Å². The zero-order chi connectivity index (χ0) is 9.26. The summed E-state index contributed by atoms with van der Waals surface area (Å²) in [4.78, 5) is 14.5. The smallest absolute Gasteiger partial charge is 0.354 e. The van der Waals surface area contributed by atoms with Crippen molar-refractivity contribution in [3.63, 3.8) is 0 Å². The van der Waals surface area contributed by atoms with Crippen LogP contribution in [0.5, 0.6) is 0 Å². The first-order chi connectivity index (χ1) is 6.27. The SMILES string of the molecule is O=C(O)c1cncn1C[C@@H]1CCO1. The number of nitrogens with zero attached hydrogens (tertiary/aromatic N) is 2. The monoisotopic (exact) mass is 182 g/mol. The molecule has 5 nitrogen and oxygen atoms in total. The number of rotatable bonds is 3. The van der Waals surface area contributed by atoms with Gasteiger partial charge in [-0.3, -0.25) is 0 Å². The molecule has 1 aromatic rings. The maximum absolute atomic E-state index is 10.7. The van der Waals surface area contributed by atoms with Crippen LogP contribution in [0.1, 0.15) is 16.9 Å². The lowest BCUT2D eigenvalue weighted by Crippen LogP contribution is -2.31. The van der Waals surface area contributed by atoms with E-state index in [2.05, 4.69) is 4.98 Å². The normalized spacial score (nSPS) is 21.1. The Labute approximate surface area is 75.0 Å². The highest BCUT2D eigenvalue weighted by Crippen LogP contribution is 2.14. The van der Waals surface area contributed by atoms with E-state index in [1.54, 1.807) is 4.57 Å². The zero-order valence-corrected chi connectivity index (χ0v) is 7.01. The molecule has 1 saturated heterocycles. The molecule has 1 N–H and O–H groups in total. The van der Waals surface area contributed by atoms with Gasteiger partial charge in [0.15, 0.2) is 0 Å². The van der Waals surface area contributed by atoms with Crippen molar-refractivity contribution >= 4 is 5.97 Å². The first-order valence-electron chi connectivity index (χ1n) is 4.12. The Bertz CT molecular complexity index is 317. The molecule has 0 bridgehead atoms. The minimum atomic E-state index is -0.947. The number of carboxylic acid groups (broad SMARTS) is 1. The maximum atomic E-state index is 10.7. The molecule has 2 rings (SSSR count). The molecule has 1 fully saturated rings. The molecule has 5 heteroatoms. The lowest BCUT2D eigenvalue weighted by molar-refractivity contribution is -0.0595. The van der Waals surface area contributed by atoms with Gasteiger partial charge in [-0.1, -0.05) is 0 Å². The van der Waals surface area contributed by atoms with E-state index in [9.17, 15) is 4.79 Å². The molecule has 13 heavy (non-hydrogen) atoms. The number of carboxylic acids is 1. The highest BCUT2D eigenvalue weighted by Gasteiger charge is 2.20. The second kappa shape index (κ2) is 3.18. The van der Waals surface area contributed by atoms with Crippen molar-refractivity contribution in [1.29, 1.82) is 0 Å². The molecule has 0 radical (unpaired) electrons. The van der Waals surface area contributed by atoms with E-state index in [-0.39, 0.29) is 11.8 Å². The minimum absolute atomic E-state index is 0.160. The number of ether oxygens (including phenoxy) is 1. The molecule has 1 aromatic heterocycles. The summed E-state index contributed by atoms with van der Waals surface area (Å²) in [6.45, 7) is 1.36. The molecule has 1 aliphatic rings. The quantitative estimate of drug-likeness (QED) is 0.733. The van der Waals surface area contributed by atoms with E-state index in [0.717, 1.165) is 13.0 Å². The van der Waals surface area contributed by atoms with Crippen molar-refractivity contribution < 1.29 is 14.6 Å². The first-order valence-corrected chi connectivity index (χ1v) is 4.12. The van der Waals surface area contributed by atoms with Gasteiger partial charge >= 0.3 is 5.97 Å². The second-order valence-corrected chi connectivity index (χ2v) is 3.02. The molecule has 0 aliphatic carbocycles. The Kier molecular flexibility index (Phi) is 2.02. The molecule has 0 amide bonds. The summed E-state index contributed by atoms with van der Waals surface area (Å²) >= 11 is 0. The second-order valence-electron chi connectivity index (χ2n) is 3.02. The fraction of sp³-hybridized carbons (Fsp3) is 0.500. The first kappa shape index (κ1) is 8.25. The van der Waals surface area contributed by atoms with Crippen LogP contribution >= 0.6 is 0 Å². The number of imidazole rings is 1. The molecule has 0 spiro atoms. The van der Waals surface area contributed by atoms with E-state index in [4.69, 9.17) is 9.84 Å². The average molecular weight is 182 g/mol. The van der Waals surface area contributed by atoms with Crippen molar-refractivity contribution in [2.45, 2.75) is 19.1 Å². The Morgan fingerprint density at radius 1 is 1.85 bits per heavy atom. The fourth-order valence-corrected chi connectivity index (χ4v) is 1.29. The van der Waals surface area contributed by atoms with Gasteiger partial charge in [-0.05, 0) is 6.42 Å².